The molecule has 6 rings (SSSR count). The standard InChI is InChI=1S/C16H23F2N3O2.C14H20IN3O2.C11H15F2N3/c1-15(2,3)23-14(22)21-9-7-20(8-10-21)13-6-5-12(11-19-13)16(4,17)18;1-14(2,3)20-13(19)18-8-6-17(7-9-18)12-5-4-11(15)10-16-12;1-11(12,13)9-2-3-10(15-8-9)16-6-4-14-5-7-16/h5-6,11H,7-10H2,1-4H3;4-5,10H,6-9H2,1-3H3;2-3,8,14H,4-7H2,1H3. The number of hydrogen-bond donors (Lipinski definition) is 1. The lowest BCUT2D eigenvalue weighted by Crippen LogP contribution is -2.50. The molecule has 2 amide bonds. The summed E-state index contributed by atoms with van der Waals surface area (Å²) in [4.78, 5) is 46.2. The number of carbonyl (C=O) groups excluding carboxylic acids is 2. The highest BCUT2D eigenvalue weighted by Gasteiger charge is 2.29. The highest BCUT2D eigenvalue weighted by atomic mass is 127. The van der Waals surface area contributed by atoms with Gasteiger partial charge in [0.05, 0.1) is 0 Å². The summed E-state index contributed by atoms with van der Waals surface area (Å²) in [6.45, 7) is 21.6. The minimum Gasteiger partial charge on any atom is -0.444 e. The molecule has 326 valence electrons. The van der Waals surface area contributed by atoms with E-state index in [1.807, 2.05) is 64.8 Å². The molecule has 0 aromatic carbocycles. The largest absolute Gasteiger partial charge is 0.444 e. The molecule has 3 fully saturated rings. The van der Waals surface area contributed by atoms with Crippen molar-refractivity contribution in [2.24, 2.45) is 0 Å². The van der Waals surface area contributed by atoms with E-state index in [4.69, 9.17) is 9.47 Å². The van der Waals surface area contributed by atoms with Crippen LogP contribution in [-0.4, -0.2) is 127 Å². The highest BCUT2D eigenvalue weighted by molar-refractivity contribution is 14.1. The van der Waals surface area contributed by atoms with Gasteiger partial charge < -0.3 is 39.3 Å². The van der Waals surface area contributed by atoms with E-state index in [2.05, 4.69) is 52.7 Å². The fraction of sp³-hybridized carbons (Fsp3) is 0.585. The van der Waals surface area contributed by atoms with Crippen LogP contribution in [0.5, 0.6) is 0 Å². The Hall–Kier alpha value is -4.20. The number of alkyl halides is 4. The average molecular weight is 944 g/mol. The predicted molar refractivity (Wildman–Crippen MR) is 230 cm³/mol. The molecule has 3 aromatic heterocycles. The Morgan fingerprint density at radius 1 is 0.542 bits per heavy atom. The number of aromatic nitrogens is 3. The summed E-state index contributed by atoms with van der Waals surface area (Å²) >= 11 is 2.24. The van der Waals surface area contributed by atoms with E-state index in [1.165, 1.54) is 24.5 Å². The van der Waals surface area contributed by atoms with Crippen molar-refractivity contribution >= 4 is 52.2 Å². The normalized spacial score (nSPS) is 16.7. The molecular formula is C41H58F4IN9O4. The molecule has 3 aliphatic rings. The molecule has 0 saturated carbocycles. The van der Waals surface area contributed by atoms with Crippen LogP contribution in [0.3, 0.4) is 0 Å². The van der Waals surface area contributed by atoms with Gasteiger partial charge in [-0.15, -0.1) is 0 Å². The van der Waals surface area contributed by atoms with E-state index in [1.54, 1.807) is 21.9 Å². The molecule has 0 atom stereocenters. The van der Waals surface area contributed by atoms with Crippen LogP contribution < -0.4 is 20.0 Å². The lowest BCUT2D eigenvalue weighted by molar-refractivity contribution is 0.0164. The number of pyridine rings is 3. The zero-order chi connectivity index (χ0) is 43.6. The van der Waals surface area contributed by atoms with Gasteiger partial charge in [-0.2, -0.15) is 0 Å². The zero-order valence-corrected chi connectivity index (χ0v) is 37.4. The van der Waals surface area contributed by atoms with Crippen LogP contribution in [0, 0.1) is 3.57 Å². The Labute approximate surface area is 359 Å². The van der Waals surface area contributed by atoms with Crippen LogP contribution in [0.2, 0.25) is 0 Å². The first-order chi connectivity index (χ1) is 27.5. The summed E-state index contributed by atoms with van der Waals surface area (Å²) < 4.78 is 64.2. The summed E-state index contributed by atoms with van der Waals surface area (Å²) in [5.74, 6) is -3.32. The Morgan fingerprint density at radius 2 is 0.881 bits per heavy atom. The third kappa shape index (κ3) is 15.7. The monoisotopic (exact) mass is 943 g/mol. The number of rotatable bonds is 5. The van der Waals surface area contributed by atoms with Crippen molar-refractivity contribution in [1.82, 2.24) is 30.1 Å². The second-order valence-electron chi connectivity index (χ2n) is 16.6. The highest BCUT2D eigenvalue weighted by Crippen LogP contribution is 2.28. The van der Waals surface area contributed by atoms with Gasteiger partial charge in [0.2, 0.25) is 0 Å². The summed E-state index contributed by atoms with van der Waals surface area (Å²) in [7, 11) is 0. The van der Waals surface area contributed by atoms with Crippen LogP contribution in [0.1, 0.15) is 66.5 Å². The first kappa shape index (κ1) is 47.5. The average Bonchev–Trinajstić information content (AvgIpc) is 3.17. The first-order valence-corrected chi connectivity index (χ1v) is 20.8. The van der Waals surface area contributed by atoms with Gasteiger partial charge in [0.1, 0.15) is 28.7 Å². The van der Waals surface area contributed by atoms with E-state index < -0.39 is 23.0 Å². The van der Waals surface area contributed by atoms with Crippen molar-refractivity contribution in [2.45, 2.75) is 78.4 Å². The van der Waals surface area contributed by atoms with Crippen LogP contribution in [0.4, 0.5) is 44.6 Å². The number of nitrogens with one attached hydrogen (secondary N) is 1. The lowest BCUT2D eigenvalue weighted by atomic mass is 10.2. The molecule has 0 radical (unpaired) electrons. The van der Waals surface area contributed by atoms with E-state index in [-0.39, 0.29) is 23.3 Å². The number of hydrogen-bond acceptors (Lipinski definition) is 11. The van der Waals surface area contributed by atoms with Crippen molar-refractivity contribution in [1.29, 1.82) is 0 Å². The summed E-state index contributed by atoms with van der Waals surface area (Å²) in [6.07, 6.45) is 3.77. The number of amides is 2. The number of anilines is 3. The second kappa shape index (κ2) is 20.4. The summed E-state index contributed by atoms with van der Waals surface area (Å²) in [5.41, 5.74) is -1.09. The number of carbonyl (C=O) groups is 2. The fourth-order valence-corrected chi connectivity index (χ4v) is 6.32. The number of halogens is 5. The van der Waals surface area contributed by atoms with Gasteiger partial charge >= 0.3 is 12.2 Å². The van der Waals surface area contributed by atoms with Crippen molar-refractivity contribution in [2.75, 3.05) is 93.2 Å². The molecule has 6 heterocycles. The molecule has 0 bridgehead atoms. The Morgan fingerprint density at radius 3 is 1.17 bits per heavy atom. The number of piperazine rings is 3. The molecule has 0 spiro atoms. The van der Waals surface area contributed by atoms with Crippen molar-refractivity contribution < 1.29 is 36.6 Å². The van der Waals surface area contributed by atoms with Crippen molar-refractivity contribution in [3.05, 3.63) is 69.7 Å². The zero-order valence-electron chi connectivity index (χ0n) is 35.3. The maximum absolute atomic E-state index is 13.2. The first-order valence-electron chi connectivity index (χ1n) is 19.7. The van der Waals surface area contributed by atoms with Crippen LogP contribution >= 0.6 is 22.6 Å². The van der Waals surface area contributed by atoms with Gasteiger partial charge in [-0.3, -0.25) is 0 Å². The smallest absolute Gasteiger partial charge is 0.410 e. The van der Waals surface area contributed by atoms with Gasteiger partial charge in [-0.25, -0.2) is 42.1 Å². The molecule has 1 N–H and O–H groups in total. The molecule has 3 saturated heterocycles. The third-order valence-electron chi connectivity index (χ3n) is 9.17. The SMILES string of the molecule is CC(C)(C)OC(=O)N1CCN(c2ccc(C(C)(F)F)cn2)CC1.CC(C)(C)OC(=O)N1CCN(c2ccc(I)cn2)CC1.CC(F)(F)c1ccc(N2CCNCC2)nc1. The molecule has 0 unspecified atom stereocenters. The van der Waals surface area contributed by atoms with Crippen LogP contribution in [0.25, 0.3) is 0 Å². The molecular weight excluding hydrogens is 885 g/mol. The molecule has 18 heteroatoms. The molecule has 3 aliphatic heterocycles. The van der Waals surface area contributed by atoms with E-state index in [9.17, 15) is 27.2 Å². The van der Waals surface area contributed by atoms with Crippen molar-refractivity contribution in [3.63, 3.8) is 0 Å². The van der Waals surface area contributed by atoms with Gasteiger partial charge in [-0.1, -0.05) is 0 Å². The Kier molecular flexibility index (Phi) is 16.4. The lowest BCUT2D eigenvalue weighted by Gasteiger charge is -2.36. The second-order valence-corrected chi connectivity index (χ2v) is 17.8. The van der Waals surface area contributed by atoms with E-state index in [0.29, 0.717) is 45.1 Å². The molecule has 3 aromatic rings. The Balaban J connectivity index is 0.000000198. The maximum atomic E-state index is 13.2. The van der Waals surface area contributed by atoms with Gasteiger partial charge in [0.15, 0.2) is 0 Å². The van der Waals surface area contributed by atoms with E-state index in [0.717, 1.165) is 68.3 Å². The van der Waals surface area contributed by atoms with Crippen molar-refractivity contribution in [3.8, 4) is 0 Å². The minimum absolute atomic E-state index is 0.0358. The predicted octanol–water partition coefficient (Wildman–Crippen LogP) is 7.60. The van der Waals surface area contributed by atoms with Gasteiger partial charge in [0.25, 0.3) is 11.8 Å². The maximum Gasteiger partial charge on any atom is 0.410 e. The van der Waals surface area contributed by atoms with Crippen LogP contribution in [0.15, 0.2) is 55.0 Å². The third-order valence-corrected chi connectivity index (χ3v) is 9.81. The van der Waals surface area contributed by atoms with Crippen LogP contribution in [-0.2, 0) is 21.3 Å². The van der Waals surface area contributed by atoms with Gasteiger partial charge in [-0.05, 0) is 101 Å². The quantitative estimate of drug-likeness (QED) is 0.201. The van der Waals surface area contributed by atoms with Gasteiger partial charge in [0, 0.05) is 126 Å². The van der Waals surface area contributed by atoms with E-state index >= 15 is 0 Å². The fourth-order valence-electron chi connectivity index (χ4n) is 6.00. The minimum atomic E-state index is -2.89. The molecule has 0 aliphatic carbocycles. The number of nitrogens with zero attached hydrogens (tertiary/aromatic N) is 8. The molecule has 13 nitrogen and oxygen atoms in total. The summed E-state index contributed by atoms with van der Waals surface area (Å²) in [5, 5.41) is 3.23. The summed E-state index contributed by atoms with van der Waals surface area (Å²) in [6, 6.07) is 10.2. The topological polar surface area (TPSA) is 119 Å². The Bertz CT molecular complexity index is 1760. The number of ether oxygens (including phenoxy) is 2. The molecule has 59 heavy (non-hydrogen) atoms.